The Kier molecular flexibility index (Phi) is 6.30. The van der Waals surface area contributed by atoms with Crippen LogP contribution in [0.25, 0.3) is 0 Å². The third-order valence-corrected chi connectivity index (χ3v) is 5.90. The van der Waals surface area contributed by atoms with Crippen LogP contribution in [0.5, 0.6) is 0 Å². The summed E-state index contributed by atoms with van der Waals surface area (Å²) >= 11 is 1.75. The normalized spacial score (nSPS) is 11.9. The summed E-state index contributed by atoms with van der Waals surface area (Å²) in [5.74, 6) is 0. The largest absolute Gasteiger partial charge is 0.322 e. The number of nitrogens with zero attached hydrogens (tertiary/aromatic N) is 2. The van der Waals surface area contributed by atoms with E-state index < -0.39 is 0 Å². The lowest BCUT2D eigenvalue weighted by atomic mass is 10.1. The van der Waals surface area contributed by atoms with E-state index in [9.17, 15) is 0 Å². The Bertz CT molecular complexity index is 949. The maximum absolute atomic E-state index is 3.68. The fraction of sp³-hybridized carbons (Fsp3) is 0.217. The van der Waals surface area contributed by atoms with Crippen LogP contribution >= 0.6 is 11.8 Å². The van der Waals surface area contributed by atoms with Crippen LogP contribution in [0.15, 0.2) is 78.0 Å². The number of thioether (sulfide) groups is 1. The number of benzene rings is 2. The molecular formula is C23H27N3S+2. The van der Waals surface area contributed by atoms with E-state index in [4.69, 9.17) is 0 Å². The van der Waals surface area contributed by atoms with E-state index in [1.807, 2.05) is 0 Å². The monoisotopic (exact) mass is 377 g/mol. The molecule has 0 aliphatic carbocycles. The van der Waals surface area contributed by atoms with Gasteiger partial charge in [0.15, 0.2) is 6.20 Å². The fourth-order valence-electron chi connectivity index (χ4n) is 2.84. The number of hydrogen-bond acceptors (Lipinski definition) is 1. The van der Waals surface area contributed by atoms with E-state index >= 15 is 0 Å². The number of hydrogen-bond donors (Lipinski definition) is 1. The van der Waals surface area contributed by atoms with Crippen molar-refractivity contribution in [3.63, 3.8) is 0 Å². The van der Waals surface area contributed by atoms with Gasteiger partial charge >= 0.3 is 5.17 Å². The van der Waals surface area contributed by atoms with Crippen molar-refractivity contribution in [1.82, 2.24) is 0 Å². The van der Waals surface area contributed by atoms with Gasteiger partial charge in [-0.05, 0) is 42.7 Å². The van der Waals surface area contributed by atoms with Crippen LogP contribution in [0.3, 0.4) is 0 Å². The average Bonchev–Trinajstić information content (AvgIpc) is 2.67. The van der Waals surface area contributed by atoms with Gasteiger partial charge < -0.3 is 0 Å². The second-order valence-corrected chi connectivity index (χ2v) is 7.78. The van der Waals surface area contributed by atoms with Gasteiger partial charge in [0.1, 0.15) is 19.3 Å². The van der Waals surface area contributed by atoms with E-state index in [2.05, 4.69) is 115 Å². The molecule has 0 fully saturated rings. The highest BCUT2D eigenvalue weighted by atomic mass is 32.2. The molecule has 1 aromatic heterocycles. The number of nitrogens with one attached hydrogen (secondary N) is 1. The minimum absolute atomic E-state index is 0.845. The summed E-state index contributed by atoms with van der Waals surface area (Å²) in [6.07, 6.45) is 2.08. The van der Waals surface area contributed by atoms with Gasteiger partial charge in [0.2, 0.25) is 0 Å². The van der Waals surface area contributed by atoms with Gasteiger partial charge in [-0.15, -0.1) is 0 Å². The third kappa shape index (κ3) is 4.98. The molecule has 0 atom stereocenters. The Balaban J connectivity index is 1.96. The summed E-state index contributed by atoms with van der Waals surface area (Å²) in [6.45, 7) is 5.16. The second-order valence-electron chi connectivity index (χ2n) is 6.77. The second kappa shape index (κ2) is 8.87. The fourth-order valence-corrected chi connectivity index (χ4v) is 3.77. The summed E-state index contributed by atoms with van der Waals surface area (Å²) < 4.78 is 4.42. The maximum Gasteiger partial charge on any atom is 0.322 e. The van der Waals surface area contributed by atoms with E-state index in [0.29, 0.717) is 0 Å². The minimum Gasteiger partial charge on any atom is -0.254 e. The molecule has 27 heavy (non-hydrogen) atoms. The first-order chi connectivity index (χ1) is 13.0. The van der Waals surface area contributed by atoms with Gasteiger partial charge in [0.05, 0.1) is 18.8 Å². The van der Waals surface area contributed by atoms with Gasteiger partial charge in [-0.25, -0.2) is 5.32 Å². The quantitative estimate of drug-likeness (QED) is 0.312. The SMILES string of the molecule is Cc1cccc(NC(Sc2cccc[n+]2C)=[N+](C)Cc2ccccc2)c1C. The van der Waals surface area contributed by atoms with Crippen LogP contribution in [0, 0.1) is 13.8 Å². The minimum atomic E-state index is 0.845. The van der Waals surface area contributed by atoms with Crippen molar-refractivity contribution >= 4 is 22.6 Å². The van der Waals surface area contributed by atoms with Gasteiger partial charge in [-0.2, -0.15) is 4.57 Å². The molecule has 3 aromatic rings. The number of pyridine rings is 1. The summed E-state index contributed by atoms with van der Waals surface area (Å²) in [5, 5.41) is 5.97. The van der Waals surface area contributed by atoms with Crippen LogP contribution in [0.1, 0.15) is 16.7 Å². The molecule has 2 aromatic carbocycles. The Hall–Kier alpha value is -2.59. The van der Waals surface area contributed by atoms with E-state index in [0.717, 1.165) is 17.4 Å². The molecule has 0 spiro atoms. The summed E-state index contributed by atoms with van der Waals surface area (Å²) in [5.41, 5.74) is 5.01. The Morgan fingerprint density at radius 2 is 1.70 bits per heavy atom. The average molecular weight is 378 g/mol. The smallest absolute Gasteiger partial charge is 0.254 e. The molecule has 0 aliphatic rings. The lowest BCUT2D eigenvalue weighted by molar-refractivity contribution is -0.708. The Labute approximate surface area is 166 Å². The molecular weight excluding hydrogens is 350 g/mol. The first-order valence-corrected chi connectivity index (χ1v) is 9.94. The molecule has 3 rings (SSSR count). The lowest BCUT2D eigenvalue weighted by Gasteiger charge is -2.11. The topological polar surface area (TPSA) is 18.9 Å². The van der Waals surface area contributed by atoms with Gasteiger partial charge in [-0.1, -0.05) is 42.5 Å². The van der Waals surface area contributed by atoms with E-state index in [-0.39, 0.29) is 0 Å². The highest BCUT2D eigenvalue weighted by Crippen LogP contribution is 2.22. The van der Waals surface area contributed by atoms with Gasteiger partial charge in [0.25, 0.3) is 5.03 Å². The number of amidine groups is 1. The van der Waals surface area contributed by atoms with Crippen molar-refractivity contribution in [3.05, 3.63) is 89.6 Å². The number of rotatable bonds is 4. The number of aryl methyl sites for hydroxylation is 2. The van der Waals surface area contributed by atoms with Crippen molar-refractivity contribution in [2.45, 2.75) is 25.4 Å². The van der Waals surface area contributed by atoms with Gasteiger partial charge in [-0.3, -0.25) is 4.58 Å². The standard InChI is InChI=1S/C23H26N3S/c1-18-11-10-14-21(19(18)2)24-23(27-22-15-8-9-16-25(22)3)26(4)17-20-12-6-5-7-13-20/h5-16H,17H2,1-4H3/q+1/p+1. The lowest BCUT2D eigenvalue weighted by Crippen LogP contribution is -2.32. The zero-order valence-electron chi connectivity index (χ0n) is 16.4. The molecule has 1 N–H and O–H groups in total. The summed E-state index contributed by atoms with van der Waals surface area (Å²) in [7, 11) is 4.21. The van der Waals surface area contributed by atoms with Gasteiger partial charge in [0, 0.05) is 12.1 Å². The Morgan fingerprint density at radius 1 is 0.963 bits per heavy atom. The molecule has 0 radical (unpaired) electrons. The first-order valence-electron chi connectivity index (χ1n) is 9.12. The summed E-state index contributed by atoms with van der Waals surface area (Å²) in [4.78, 5) is 0. The number of aromatic nitrogens is 1. The highest BCUT2D eigenvalue weighted by Gasteiger charge is 2.20. The van der Waals surface area contributed by atoms with Crippen molar-refractivity contribution in [3.8, 4) is 0 Å². The maximum atomic E-state index is 3.68. The molecule has 0 saturated heterocycles. The van der Waals surface area contributed by atoms with Crippen molar-refractivity contribution < 1.29 is 9.14 Å². The summed E-state index contributed by atoms with van der Waals surface area (Å²) in [6, 6.07) is 23.2. The first kappa shape index (κ1) is 19.2. The molecule has 0 bridgehead atoms. The van der Waals surface area contributed by atoms with Crippen LogP contribution in [-0.2, 0) is 13.6 Å². The number of anilines is 1. The Morgan fingerprint density at radius 3 is 2.44 bits per heavy atom. The van der Waals surface area contributed by atoms with E-state index in [1.165, 1.54) is 21.7 Å². The molecule has 0 unspecified atom stereocenters. The van der Waals surface area contributed by atoms with Crippen molar-refractivity contribution in [1.29, 1.82) is 0 Å². The molecule has 138 valence electrons. The van der Waals surface area contributed by atoms with E-state index in [1.54, 1.807) is 11.8 Å². The molecule has 0 saturated carbocycles. The van der Waals surface area contributed by atoms with Crippen molar-refractivity contribution in [2.24, 2.45) is 7.05 Å². The zero-order chi connectivity index (χ0) is 19.2. The van der Waals surface area contributed by atoms with Crippen LogP contribution < -0.4 is 9.88 Å². The van der Waals surface area contributed by atoms with Crippen LogP contribution in [0.4, 0.5) is 5.69 Å². The zero-order valence-corrected chi connectivity index (χ0v) is 17.3. The van der Waals surface area contributed by atoms with Crippen molar-refractivity contribution in [2.75, 3.05) is 12.4 Å². The predicted octanol–water partition coefficient (Wildman–Crippen LogP) is 4.53. The molecule has 1 heterocycles. The van der Waals surface area contributed by atoms with Crippen LogP contribution in [-0.4, -0.2) is 16.8 Å². The third-order valence-electron chi connectivity index (χ3n) is 4.66. The predicted molar refractivity (Wildman–Crippen MR) is 114 cm³/mol. The molecule has 0 amide bonds. The molecule has 3 nitrogen and oxygen atoms in total. The highest BCUT2D eigenvalue weighted by molar-refractivity contribution is 8.13. The molecule has 4 heteroatoms. The van der Waals surface area contributed by atoms with Crippen LogP contribution in [0.2, 0.25) is 0 Å². The molecule has 0 aliphatic heterocycles.